The zero-order valence-electron chi connectivity index (χ0n) is 9.04. The van der Waals surface area contributed by atoms with Gasteiger partial charge < -0.3 is 21.7 Å². The first-order chi connectivity index (χ1) is 7.52. The third-order valence-electron chi connectivity index (χ3n) is 2.64. The Labute approximate surface area is 93.7 Å². The minimum atomic E-state index is -0.913. The Morgan fingerprint density at radius 1 is 1.56 bits per heavy atom. The maximum Gasteiger partial charge on any atom is 0.320 e. The van der Waals surface area contributed by atoms with Crippen LogP contribution in [0, 0.1) is 0 Å². The van der Waals surface area contributed by atoms with Crippen molar-refractivity contribution in [1.29, 1.82) is 0 Å². The molecule has 0 spiro atoms. The largest absolute Gasteiger partial charge is 0.480 e. The standard InChI is InChI=1S/C9H18N4O3/c10-9(11)12-4-1-2-6(8(15)16)13-5-3-7(13)14/h6-7,14H,1-5H2,(H,15,16)(H4,10,11,12)/t6?,7-/m1/s1. The minimum absolute atomic E-state index is 0.0101. The summed E-state index contributed by atoms with van der Waals surface area (Å²) in [6.07, 6.45) is 1.03. The number of aliphatic imine (C=N–C) groups is 1. The van der Waals surface area contributed by atoms with Crippen molar-refractivity contribution < 1.29 is 15.0 Å². The summed E-state index contributed by atoms with van der Waals surface area (Å²) in [4.78, 5) is 16.3. The molecule has 1 fully saturated rings. The van der Waals surface area contributed by atoms with E-state index in [9.17, 15) is 9.90 Å². The average Bonchev–Trinajstić information content (AvgIpc) is 2.19. The number of guanidine groups is 1. The van der Waals surface area contributed by atoms with Crippen LogP contribution in [0.3, 0.4) is 0 Å². The zero-order chi connectivity index (χ0) is 12.1. The lowest BCUT2D eigenvalue weighted by Crippen LogP contribution is -2.55. The van der Waals surface area contributed by atoms with Gasteiger partial charge in [-0.1, -0.05) is 0 Å². The van der Waals surface area contributed by atoms with Gasteiger partial charge in [0, 0.05) is 13.1 Å². The number of nitrogens with two attached hydrogens (primary N) is 2. The van der Waals surface area contributed by atoms with E-state index in [-0.39, 0.29) is 5.96 Å². The van der Waals surface area contributed by atoms with E-state index >= 15 is 0 Å². The highest BCUT2D eigenvalue weighted by molar-refractivity contribution is 5.75. The van der Waals surface area contributed by atoms with E-state index in [0.29, 0.717) is 32.4 Å². The quantitative estimate of drug-likeness (QED) is 0.250. The smallest absolute Gasteiger partial charge is 0.320 e. The van der Waals surface area contributed by atoms with Crippen LogP contribution < -0.4 is 11.5 Å². The molecule has 0 radical (unpaired) electrons. The van der Waals surface area contributed by atoms with E-state index in [1.165, 1.54) is 0 Å². The number of aliphatic hydroxyl groups excluding tert-OH is 1. The number of hydrogen-bond acceptors (Lipinski definition) is 4. The van der Waals surface area contributed by atoms with Crippen LogP contribution in [0.4, 0.5) is 0 Å². The summed E-state index contributed by atoms with van der Waals surface area (Å²) in [6.45, 7) is 1.04. The Bertz CT molecular complexity index is 278. The first-order valence-electron chi connectivity index (χ1n) is 5.24. The maximum absolute atomic E-state index is 11.0. The van der Waals surface area contributed by atoms with Crippen LogP contribution in [-0.2, 0) is 4.79 Å². The van der Waals surface area contributed by atoms with Crippen molar-refractivity contribution in [3.8, 4) is 0 Å². The molecule has 0 amide bonds. The molecular weight excluding hydrogens is 212 g/mol. The molecule has 6 N–H and O–H groups in total. The molecule has 0 saturated carbocycles. The lowest BCUT2D eigenvalue weighted by molar-refractivity contribution is -0.159. The average molecular weight is 230 g/mol. The number of nitrogens with zero attached hydrogens (tertiary/aromatic N) is 2. The summed E-state index contributed by atoms with van der Waals surface area (Å²) in [5.74, 6) is -0.903. The molecule has 7 nitrogen and oxygen atoms in total. The lowest BCUT2D eigenvalue weighted by atomic mass is 10.0. The number of likely N-dealkylation sites (tertiary alicyclic amines) is 1. The molecule has 7 heteroatoms. The van der Waals surface area contributed by atoms with Crippen LogP contribution in [0.25, 0.3) is 0 Å². The van der Waals surface area contributed by atoms with E-state index in [1.807, 2.05) is 0 Å². The van der Waals surface area contributed by atoms with Crippen molar-refractivity contribution in [2.24, 2.45) is 16.5 Å². The van der Waals surface area contributed by atoms with Crippen LogP contribution in [0.5, 0.6) is 0 Å². The Morgan fingerprint density at radius 3 is 2.62 bits per heavy atom. The number of aliphatic carboxylic acids is 1. The molecule has 0 aliphatic carbocycles. The molecule has 1 rings (SSSR count). The summed E-state index contributed by atoms with van der Waals surface area (Å²) in [7, 11) is 0. The SMILES string of the molecule is NC(N)=NCCCC(C(=O)O)N1CC[C@H]1O. The summed E-state index contributed by atoms with van der Waals surface area (Å²) in [5, 5.41) is 18.4. The second-order valence-electron chi connectivity index (χ2n) is 3.81. The summed E-state index contributed by atoms with van der Waals surface area (Å²) in [6, 6.07) is -0.641. The number of carbonyl (C=O) groups is 1. The van der Waals surface area contributed by atoms with Gasteiger partial charge in [-0.2, -0.15) is 0 Å². The molecule has 0 aromatic carbocycles. The molecule has 16 heavy (non-hydrogen) atoms. The van der Waals surface area contributed by atoms with E-state index in [4.69, 9.17) is 16.6 Å². The van der Waals surface area contributed by atoms with E-state index in [2.05, 4.69) is 4.99 Å². The molecule has 2 atom stereocenters. The van der Waals surface area contributed by atoms with Gasteiger partial charge >= 0.3 is 5.97 Å². The Kier molecular flexibility index (Phi) is 4.51. The van der Waals surface area contributed by atoms with Crippen molar-refractivity contribution >= 4 is 11.9 Å². The third kappa shape index (κ3) is 3.35. The van der Waals surface area contributed by atoms with Crippen LogP contribution >= 0.6 is 0 Å². The highest BCUT2D eigenvalue weighted by Gasteiger charge is 2.35. The molecule has 0 aromatic heterocycles. The van der Waals surface area contributed by atoms with Crippen molar-refractivity contribution in [2.45, 2.75) is 31.5 Å². The molecule has 1 aliphatic heterocycles. The van der Waals surface area contributed by atoms with Crippen LogP contribution in [0.2, 0.25) is 0 Å². The van der Waals surface area contributed by atoms with Gasteiger partial charge in [-0.05, 0) is 19.3 Å². The fourth-order valence-electron chi connectivity index (χ4n) is 1.68. The highest BCUT2D eigenvalue weighted by atomic mass is 16.4. The fraction of sp³-hybridized carbons (Fsp3) is 0.778. The second kappa shape index (κ2) is 5.66. The highest BCUT2D eigenvalue weighted by Crippen LogP contribution is 2.21. The number of aliphatic hydroxyl groups is 1. The van der Waals surface area contributed by atoms with Gasteiger partial charge in [-0.15, -0.1) is 0 Å². The van der Waals surface area contributed by atoms with Gasteiger partial charge in [-0.3, -0.25) is 14.7 Å². The molecule has 1 heterocycles. The van der Waals surface area contributed by atoms with Crippen molar-refractivity contribution in [3.05, 3.63) is 0 Å². The molecular formula is C9H18N4O3. The normalized spacial score (nSPS) is 22.2. The van der Waals surface area contributed by atoms with Gasteiger partial charge in [-0.25, -0.2) is 0 Å². The van der Waals surface area contributed by atoms with Gasteiger partial charge in [0.05, 0.1) is 0 Å². The number of carboxylic acids is 1. The van der Waals surface area contributed by atoms with Crippen LogP contribution in [0.15, 0.2) is 4.99 Å². The van der Waals surface area contributed by atoms with Crippen LogP contribution in [-0.4, -0.2) is 52.4 Å². The second-order valence-corrected chi connectivity index (χ2v) is 3.81. The Balaban J connectivity index is 2.34. The number of hydrogen-bond donors (Lipinski definition) is 4. The monoisotopic (exact) mass is 230 g/mol. The van der Waals surface area contributed by atoms with Crippen molar-refractivity contribution in [2.75, 3.05) is 13.1 Å². The van der Waals surface area contributed by atoms with E-state index in [1.54, 1.807) is 4.90 Å². The Hall–Kier alpha value is -1.34. The molecule has 92 valence electrons. The third-order valence-corrected chi connectivity index (χ3v) is 2.64. The van der Waals surface area contributed by atoms with Gasteiger partial charge in [0.2, 0.25) is 0 Å². The van der Waals surface area contributed by atoms with E-state index < -0.39 is 18.2 Å². The molecule has 0 bridgehead atoms. The van der Waals surface area contributed by atoms with Crippen molar-refractivity contribution in [1.82, 2.24) is 4.90 Å². The predicted molar refractivity (Wildman–Crippen MR) is 58.7 cm³/mol. The van der Waals surface area contributed by atoms with Gasteiger partial charge in [0.1, 0.15) is 12.3 Å². The minimum Gasteiger partial charge on any atom is -0.480 e. The van der Waals surface area contributed by atoms with Gasteiger partial charge in [0.25, 0.3) is 0 Å². The fourth-order valence-corrected chi connectivity index (χ4v) is 1.68. The lowest BCUT2D eigenvalue weighted by Gasteiger charge is -2.41. The number of rotatable bonds is 6. The molecule has 1 aliphatic rings. The van der Waals surface area contributed by atoms with E-state index in [0.717, 1.165) is 0 Å². The molecule has 0 aromatic rings. The molecule has 1 unspecified atom stereocenters. The Morgan fingerprint density at radius 2 is 2.25 bits per heavy atom. The topological polar surface area (TPSA) is 125 Å². The summed E-state index contributed by atoms with van der Waals surface area (Å²) >= 11 is 0. The first-order valence-corrected chi connectivity index (χ1v) is 5.24. The first kappa shape index (κ1) is 12.7. The summed E-state index contributed by atoms with van der Waals surface area (Å²) in [5.41, 5.74) is 10.3. The molecule has 1 saturated heterocycles. The zero-order valence-corrected chi connectivity index (χ0v) is 9.04. The van der Waals surface area contributed by atoms with Gasteiger partial charge in [0.15, 0.2) is 5.96 Å². The van der Waals surface area contributed by atoms with Crippen LogP contribution in [0.1, 0.15) is 19.3 Å². The number of carboxylic acid groups (broad SMARTS) is 1. The predicted octanol–water partition coefficient (Wildman–Crippen LogP) is -1.48. The van der Waals surface area contributed by atoms with Crippen molar-refractivity contribution in [3.63, 3.8) is 0 Å². The maximum atomic E-state index is 11.0. The summed E-state index contributed by atoms with van der Waals surface area (Å²) < 4.78 is 0.